The van der Waals surface area contributed by atoms with Gasteiger partial charge < -0.3 is 0 Å². The second kappa shape index (κ2) is 2.07. The molecule has 0 radical (unpaired) electrons. The van der Waals surface area contributed by atoms with Crippen molar-refractivity contribution in [1.82, 2.24) is 0 Å². The second-order valence-corrected chi connectivity index (χ2v) is 3.14. The third-order valence-electron chi connectivity index (χ3n) is 2.56. The molecular formula is C10H13N. The van der Waals surface area contributed by atoms with E-state index in [1.54, 1.807) is 0 Å². The largest absolute Gasteiger partial charge is 0.269 e. The summed E-state index contributed by atoms with van der Waals surface area (Å²) in [6.07, 6.45) is 8.77. The number of nitrogens with zero attached hydrogens (tertiary/aromatic N) is 1. The average Bonchev–Trinajstić information content (AvgIpc) is 2.78. The zero-order chi connectivity index (χ0) is 7.90. The average molecular weight is 147 g/mol. The predicted octanol–water partition coefficient (Wildman–Crippen LogP) is 2.50. The molecule has 1 unspecified atom stereocenters. The van der Waals surface area contributed by atoms with Crippen molar-refractivity contribution in [3.63, 3.8) is 0 Å². The maximum atomic E-state index is 4.52. The summed E-state index contributed by atoms with van der Waals surface area (Å²) in [5.41, 5.74) is 2.92. The topological polar surface area (TPSA) is 12.4 Å². The van der Waals surface area contributed by atoms with Gasteiger partial charge in [-0.15, -0.1) is 0 Å². The van der Waals surface area contributed by atoms with Crippen LogP contribution in [0.25, 0.3) is 0 Å². The molecule has 0 aromatic rings. The summed E-state index contributed by atoms with van der Waals surface area (Å²) in [5.74, 6) is 0. The van der Waals surface area contributed by atoms with Crippen LogP contribution < -0.4 is 0 Å². The second-order valence-electron chi connectivity index (χ2n) is 3.14. The summed E-state index contributed by atoms with van der Waals surface area (Å²) in [7, 11) is 0. The summed E-state index contributed by atoms with van der Waals surface area (Å²) in [4.78, 5) is 4.52. The minimum Gasteiger partial charge on any atom is -0.269 e. The van der Waals surface area contributed by atoms with Crippen molar-refractivity contribution in [2.75, 3.05) is 0 Å². The predicted molar refractivity (Wildman–Crippen MR) is 48.0 cm³/mol. The fourth-order valence-corrected chi connectivity index (χ4v) is 1.69. The highest BCUT2D eigenvalue weighted by atomic mass is 15.0. The van der Waals surface area contributed by atoms with E-state index in [1.165, 1.54) is 11.3 Å². The normalized spacial score (nSPS) is 32.5. The van der Waals surface area contributed by atoms with Crippen LogP contribution in [-0.2, 0) is 0 Å². The van der Waals surface area contributed by atoms with Gasteiger partial charge >= 0.3 is 0 Å². The standard InChI is InChI=1S/C10H13N/c1-3-8-6-5-7-10(4-2)9(8)11-10/h5-7H,3-4H2,1-2H3. The molecule has 0 N–H and O–H groups in total. The van der Waals surface area contributed by atoms with Gasteiger partial charge in [0.1, 0.15) is 5.54 Å². The van der Waals surface area contributed by atoms with Crippen LogP contribution in [0, 0.1) is 0 Å². The first-order valence-corrected chi connectivity index (χ1v) is 4.31. The van der Waals surface area contributed by atoms with Crippen molar-refractivity contribution < 1.29 is 0 Å². The molecule has 0 aromatic carbocycles. The Kier molecular flexibility index (Phi) is 1.28. The van der Waals surface area contributed by atoms with Crippen molar-refractivity contribution in [3.05, 3.63) is 23.8 Å². The Morgan fingerprint density at radius 1 is 1.45 bits per heavy atom. The first-order chi connectivity index (χ1) is 5.32. The quantitative estimate of drug-likeness (QED) is 0.569. The van der Waals surface area contributed by atoms with Gasteiger partial charge in [-0.05, 0) is 18.4 Å². The molecule has 2 rings (SSSR count). The van der Waals surface area contributed by atoms with Gasteiger partial charge in [0.2, 0.25) is 0 Å². The molecule has 0 aromatic heterocycles. The number of aliphatic imine (C=N–C) groups is 1. The highest BCUT2D eigenvalue weighted by molar-refractivity contribution is 6.19. The molecule has 58 valence electrons. The van der Waals surface area contributed by atoms with E-state index in [2.05, 4.69) is 37.1 Å². The SMILES string of the molecule is CCC1=CC=CC2(CC)N=C12. The minimum absolute atomic E-state index is 0.153. The Balaban J connectivity index is 2.25. The Bertz CT molecular complexity index is 271. The maximum Gasteiger partial charge on any atom is 0.121 e. The minimum atomic E-state index is 0.153. The molecule has 1 nitrogen and oxygen atoms in total. The van der Waals surface area contributed by atoms with E-state index in [0.29, 0.717) is 0 Å². The third kappa shape index (κ3) is 0.802. The van der Waals surface area contributed by atoms with Crippen LogP contribution in [0.3, 0.4) is 0 Å². The third-order valence-corrected chi connectivity index (χ3v) is 2.56. The van der Waals surface area contributed by atoms with Crippen molar-refractivity contribution in [2.24, 2.45) is 4.99 Å². The summed E-state index contributed by atoms with van der Waals surface area (Å²) in [5, 5.41) is 0. The highest BCUT2D eigenvalue weighted by Crippen LogP contribution is 2.40. The fourth-order valence-electron chi connectivity index (χ4n) is 1.69. The van der Waals surface area contributed by atoms with Crippen LogP contribution in [0.4, 0.5) is 0 Å². The zero-order valence-corrected chi connectivity index (χ0v) is 7.09. The lowest BCUT2D eigenvalue weighted by Gasteiger charge is -2.11. The molecule has 1 atom stereocenters. The molecular weight excluding hydrogens is 134 g/mol. The molecule has 1 heterocycles. The molecule has 1 aliphatic carbocycles. The Labute approximate surface area is 67.5 Å². The lowest BCUT2D eigenvalue weighted by atomic mass is 9.90. The molecule has 1 heteroatoms. The summed E-state index contributed by atoms with van der Waals surface area (Å²) < 4.78 is 0. The van der Waals surface area contributed by atoms with Crippen LogP contribution in [0.15, 0.2) is 28.8 Å². The zero-order valence-electron chi connectivity index (χ0n) is 7.09. The van der Waals surface area contributed by atoms with E-state index in [-0.39, 0.29) is 5.54 Å². The summed E-state index contributed by atoms with van der Waals surface area (Å²) in [6.45, 7) is 4.38. The molecule has 2 aliphatic rings. The van der Waals surface area contributed by atoms with E-state index in [1.807, 2.05) is 0 Å². The van der Waals surface area contributed by atoms with Gasteiger partial charge in [0.15, 0.2) is 0 Å². The van der Waals surface area contributed by atoms with Gasteiger partial charge in [-0.1, -0.05) is 32.1 Å². The van der Waals surface area contributed by atoms with Crippen LogP contribution in [0.5, 0.6) is 0 Å². The number of allylic oxidation sites excluding steroid dienone is 2. The maximum absolute atomic E-state index is 4.52. The smallest absolute Gasteiger partial charge is 0.121 e. The van der Waals surface area contributed by atoms with Gasteiger partial charge in [0.05, 0.1) is 5.71 Å². The Morgan fingerprint density at radius 2 is 2.27 bits per heavy atom. The van der Waals surface area contributed by atoms with Crippen LogP contribution in [-0.4, -0.2) is 11.3 Å². The molecule has 0 saturated carbocycles. The van der Waals surface area contributed by atoms with Crippen molar-refractivity contribution in [3.8, 4) is 0 Å². The first kappa shape index (κ1) is 6.84. The van der Waals surface area contributed by atoms with E-state index < -0.39 is 0 Å². The lowest BCUT2D eigenvalue weighted by molar-refractivity contribution is 0.768. The Morgan fingerprint density at radius 3 is 2.91 bits per heavy atom. The van der Waals surface area contributed by atoms with E-state index in [9.17, 15) is 0 Å². The van der Waals surface area contributed by atoms with Gasteiger partial charge in [0.25, 0.3) is 0 Å². The van der Waals surface area contributed by atoms with Crippen molar-refractivity contribution >= 4 is 5.71 Å². The van der Waals surface area contributed by atoms with Gasteiger partial charge in [-0.25, -0.2) is 0 Å². The number of hydrogen-bond acceptors (Lipinski definition) is 1. The number of rotatable bonds is 2. The van der Waals surface area contributed by atoms with Crippen LogP contribution in [0.1, 0.15) is 26.7 Å². The van der Waals surface area contributed by atoms with Crippen molar-refractivity contribution in [2.45, 2.75) is 32.2 Å². The van der Waals surface area contributed by atoms with E-state index in [4.69, 9.17) is 0 Å². The molecule has 11 heavy (non-hydrogen) atoms. The first-order valence-electron chi connectivity index (χ1n) is 4.31. The fraction of sp³-hybridized carbons (Fsp3) is 0.500. The molecule has 0 saturated heterocycles. The van der Waals surface area contributed by atoms with Crippen LogP contribution >= 0.6 is 0 Å². The summed E-state index contributed by atoms with van der Waals surface area (Å²) in [6, 6.07) is 0. The van der Waals surface area contributed by atoms with E-state index in [0.717, 1.165) is 12.8 Å². The monoisotopic (exact) mass is 147 g/mol. The highest BCUT2D eigenvalue weighted by Gasteiger charge is 2.45. The molecule has 0 bridgehead atoms. The molecule has 0 fully saturated rings. The Hall–Kier alpha value is -0.850. The van der Waals surface area contributed by atoms with E-state index >= 15 is 0 Å². The van der Waals surface area contributed by atoms with Crippen molar-refractivity contribution in [1.29, 1.82) is 0 Å². The molecule has 1 aliphatic heterocycles. The summed E-state index contributed by atoms with van der Waals surface area (Å²) >= 11 is 0. The van der Waals surface area contributed by atoms with Gasteiger partial charge in [0, 0.05) is 0 Å². The van der Waals surface area contributed by atoms with Crippen LogP contribution in [0.2, 0.25) is 0 Å². The molecule has 0 amide bonds. The lowest BCUT2D eigenvalue weighted by Crippen LogP contribution is -2.17. The number of fused-ring (bicyclic) bond motifs is 1. The molecule has 0 spiro atoms. The van der Waals surface area contributed by atoms with Gasteiger partial charge in [-0.2, -0.15) is 0 Å². The number of hydrogen-bond donors (Lipinski definition) is 0. The van der Waals surface area contributed by atoms with Gasteiger partial charge in [-0.3, -0.25) is 4.99 Å².